The first-order valence-corrected chi connectivity index (χ1v) is 7.60. The van der Waals surface area contributed by atoms with E-state index in [1.54, 1.807) is 5.01 Å². The Morgan fingerprint density at radius 1 is 1.14 bits per heavy atom. The molecule has 1 aliphatic rings. The second-order valence-corrected chi connectivity index (χ2v) is 5.85. The van der Waals surface area contributed by atoms with Crippen LogP contribution in [0.15, 0.2) is 64.2 Å². The summed E-state index contributed by atoms with van der Waals surface area (Å²) in [7, 11) is 0. The summed E-state index contributed by atoms with van der Waals surface area (Å²) in [5.74, 6) is -0.218. The summed E-state index contributed by atoms with van der Waals surface area (Å²) in [6, 6.07) is 19.1. The van der Waals surface area contributed by atoms with Crippen molar-refractivity contribution in [1.82, 2.24) is 0 Å². The summed E-state index contributed by atoms with van der Waals surface area (Å²) >= 11 is 3.40. The van der Waals surface area contributed by atoms with Crippen LogP contribution in [0.1, 0.15) is 18.0 Å². The highest BCUT2D eigenvalue weighted by Crippen LogP contribution is 2.33. The summed E-state index contributed by atoms with van der Waals surface area (Å²) in [5.41, 5.74) is 1.80. The summed E-state index contributed by atoms with van der Waals surface area (Å²) in [4.78, 5) is 12.1. The van der Waals surface area contributed by atoms with E-state index in [2.05, 4.69) is 21.0 Å². The predicted molar refractivity (Wildman–Crippen MR) is 88.5 cm³/mol. The minimum absolute atomic E-state index is 0.0462. The van der Waals surface area contributed by atoms with Crippen LogP contribution in [0, 0.1) is 11.3 Å². The van der Waals surface area contributed by atoms with Crippen LogP contribution in [0.3, 0.4) is 0 Å². The van der Waals surface area contributed by atoms with Crippen molar-refractivity contribution >= 4 is 33.1 Å². The maximum absolute atomic E-state index is 12.1. The van der Waals surface area contributed by atoms with Gasteiger partial charge in [-0.3, -0.25) is 9.80 Å². The second kappa shape index (κ2) is 6.12. The van der Waals surface area contributed by atoms with E-state index in [4.69, 9.17) is 5.26 Å². The molecule has 0 aliphatic carbocycles. The van der Waals surface area contributed by atoms with Crippen molar-refractivity contribution in [1.29, 1.82) is 5.26 Å². The number of halogens is 1. The molecule has 1 unspecified atom stereocenters. The first-order valence-electron chi connectivity index (χ1n) is 6.80. The van der Waals surface area contributed by atoms with Crippen molar-refractivity contribution in [3.05, 3.63) is 64.6 Å². The second-order valence-electron chi connectivity index (χ2n) is 4.94. The van der Waals surface area contributed by atoms with Gasteiger partial charge in [0.1, 0.15) is 6.07 Å². The number of nitriles is 1. The molecule has 108 valence electrons. The van der Waals surface area contributed by atoms with Gasteiger partial charge in [0.25, 0.3) is 0 Å². The molecule has 3 rings (SSSR count). The molecule has 1 heterocycles. The van der Waals surface area contributed by atoms with Crippen molar-refractivity contribution in [3.8, 4) is 6.07 Å². The largest absolute Gasteiger partial charge is 0.291 e. The molecule has 2 aromatic carbocycles. The topological polar surface area (TPSA) is 56.5 Å². The molecular weight excluding hydrogens is 342 g/mol. The Balaban J connectivity index is 2.07. The average molecular weight is 354 g/mol. The van der Waals surface area contributed by atoms with Crippen LogP contribution in [0.2, 0.25) is 0 Å². The minimum Gasteiger partial charge on any atom is -0.291 e. The van der Waals surface area contributed by atoms with Crippen LogP contribution >= 0.6 is 15.9 Å². The fraction of sp³-hybridized carbons (Fsp3) is 0.118. The first kappa shape index (κ1) is 14.5. The molecule has 4 nitrogen and oxygen atoms in total. The lowest BCUT2D eigenvalue weighted by Crippen LogP contribution is -2.34. The molecule has 2 aromatic rings. The number of carbonyl (C=O) groups excluding carboxylic acids is 1. The van der Waals surface area contributed by atoms with E-state index in [0.717, 1.165) is 15.7 Å². The highest BCUT2D eigenvalue weighted by Gasteiger charge is 2.31. The summed E-state index contributed by atoms with van der Waals surface area (Å²) < 4.78 is 0.963. The van der Waals surface area contributed by atoms with E-state index in [1.165, 1.54) is 0 Å². The maximum Gasteiger partial charge on any atom is 0.203 e. The predicted octanol–water partition coefficient (Wildman–Crippen LogP) is 3.85. The first-order chi connectivity index (χ1) is 10.7. The molecule has 1 atom stereocenters. The lowest BCUT2D eigenvalue weighted by molar-refractivity contribution is -0.113. The van der Waals surface area contributed by atoms with E-state index < -0.39 is 0 Å². The Morgan fingerprint density at radius 3 is 2.45 bits per heavy atom. The molecule has 0 saturated heterocycles. The van der Waals surface area contributed by atoms with Crippen LogP contribution in [0.5, 0.6) is 0 Å². The van der Waals surface area contributed by atoms with Crippen LogP contribution in [-0.4, -0.2) is 11.5 Å². The zero-order chi connectivity index (χ0) is 15.5. The highest BCUT2D eigenvalue weighted by molar-refractivity contribution is 9.10. The average Bonchev–Trinajstić information content (AvgIpc) is 2.56. The molecule has 0 saturated carbocycles. The fourth-order valence-corrected chi connectivity index (χ4v) is 2.71. The zero-order valence-electron chi connectivity index (χ0n) is 11.6. The van der Waals surface area contributed by atoms with E-state index in [0.29, 0.717) is 0 Å². The Labute approximate surface area is 136 Å². The summed E-state index contributed by atoms with van der Waals surface area (Å²) in [6.45, 7) is 0. The number of hydrogen-bond donors (Lipinski definition) is 0. The van der Waals surface area contributed by atoms with E-state index in [9.17, 15) is 4.79 Å². The van der Waals surface area contributed by atoms with Gasteiger partial charge < -0.3 is 0 Å². The number of Topliss-reactive ketones (excluding diaryl/α,β-unsaturated/α-hetero) is 1. The van der Waals surface area contributed by atoms with Crippen LogP contribution in [-0.2, 0) is 4.79 Å². The van der Waals surface area contributed by atoms with Gasteiger partial charge in [-0.15, -0.1) is 0 Å². The van der Waals surface area contributed by atoms with Gasteiger partial charge in [0.15, 0.2) is 5.78 Å². The van der Waals surface area contributed by atoms with Crippen LogP contribution < -0.4 is 5.01 Å². The lowest BCUT2D eigenvalue weighted by atomic mass is 9.97. The van der Waals surface area contributed by atoms with Crippen molar-refractivity contribution in [2.75, 3.05) is 5.01 Å². The smallest absolute Gasteiger partial charge is 0.203 e. The number of anilines is 1. The third kappa shape index (κ3) is 2.78. The molecule has 5 heteroatoms. The summed E-state index contributed by atoms with van der Waals surface area (Å²) in [5, 5.41) is 15.1. The van der Waals surface area contributed by atoms with E-state index >= 15 is 0 Å². The maximum atomic E-state index is 12.1. The minimum atomic E-state index is -0.218. The van der Waals surface area contributed by atoms with Crippen LogP contribution in [0.25, 0.3) is 0 Å². The van der Waals surface area contributed by atoms with E-state index in [1.807, 2.05) is 60.7 Å². The quantitative estimate of drug-likeness (QED) is 0.823. The molecule has 0 fully saturated rings. The van der Waals surface area contributed by atoms with Gasteiger partial charge in [-0.2, -0.15) is 10.4 Å². The Bertz CT molecular complexity index is 763. The number of hydrogen-bond acceptors (Lipinski definition) is 4. The number of carbonyl (C=O) groups is 1. The van der Waals surface area contributed by atoms with Crippen molar-refractivity contribution in [2.45, 2.75) is 12.5 Å². The van der Waals surface area contributed by atoms with Crippen molar-refractivity contribution < 1.29 is 4.79 Å². The monoisotopic (exact) mass is 353 g/mol. The standard InChI is InChI=1S/C17H12BrN3O/c18-13-6-8-14(9-7-13)21-16(12-4-2-1-3-5-12)10-17(22)15(11-19)20-21/h1-9,16H,10H2. The molecule has 0 radical (unpaired) electrons. The Kier molecular flexibility index (Phi) is 4.03. The fourth-order valence-electron chi connectivity index (χ4n) is 2.44. The van der Waals surface area contributed by atoms with Gasteiger partial charge in [0.05, 0.1) is 11.7 Å². The molecule has 0 amide bonds. The van der Waals surface area contributed by atoms with Gasteiger partial charge >= 0.3 is 0 Å². The Hall–Kier alpha value is -2.45. The van der Waals surface area contributed by atoms with Crippen molar-refractivity contribution in [2.24, 2.45) is 5.10 Å². The van der Waals surface area contributed by atoms with Gasteiger partial charge in [-0.05, 0) is 29.8 Å². The molecular formula is C17H12BrN3O. The summed E-state index contributed by atoms with van der Waals surface area (Å²) in [6.07, 6.45) is 0.243. The van der Waals surface area contributed by atoms with Gasteiger partial charge in [-0.25, -0.2) is 0 Å². The van der Waals surface area contributed by atoms with Crippen LogP contribution in [0.4, 0.5) is 5.69 Å². The number of ketones is 1. The van der Waals surface area contributed by atoms with Gasteiger partial charge in [0.2, 0.25) is 5.71 Å². The third-order valence-electron chi connectivity index (χ3n) is 3.53. The molecule has 1 aliphatic heterocycles. The zero-order valence-corrected chi connectivity index (χ0v) is 13.2. The number of nitrogens with zero attached hydrogens (tertiary/aromatic N) is 3. The van der Waals surface area contributed by atoms with E-state index in [-0.39, 0.29) is 24.0 Å². The van der Waals surface area contributed by atoms with Gasteiger partial charge in [-0.1, -0.05) is 46.3 Å². The van der Waals surface area contributed by atoms with Crippen molar-refractivity contribution in [3.63, 3.8) is 0 Å². The molecule has 22 heavy (non-hydrogen) atoms. The molecule has 0 spiro atoms. The highest BCUT2D eigenvalue weighted by atomic mass is 79.9. The normalized spacial score (nSPS) is 17.8. The SMILES string of the molecule is N#CC1=NN(c2ccc(Br)cc2)C(c2ccccc2)CC1=O. The van der Waals surface area contributed by atoms with Gasteiger partial charge in [0, 0.05) is 10.9 Å². The lowest BCUT2D eigenvalue weighted by Gasteiger charge is -2.32. The molecule has 0 bridgehead atoms. The molecule has 0 aromatic heterocycles. The number of hydrazone groups is 1. The Morgan fingerprint density at radius 2 is 1.82 bits per heavy atom. The molecule has 0 N–H and O–H groups in total. The third-order valence-corrected chi connectivity index (χ3v) is 4.06. The number of rotatable bonds is 2. The number of benzene rings is 2.